The Morgan fingerprint density at radius 3 is 2.46 bits per heavy atom. The van der Waals surface area contributed by atoms with Crippen molar-refractivity contribution in [2.45, 2.75) is 52.4 Å². The molecule has 10 heteroatoms. The molecule has 3 aromatic rings. The summed E-state index contributed by atoms with van der Waals surface area (Å²) in [6.07, 6.45) is -0.422. The Bertz CT molecular complexity index is 1180. The maximum atomic E-state index is 13.2. The first-order valence-electron chi connectivity index (χ1n) is 11.3. The third kappa shape index (κ3) is 7.54. The molecule has 0 aliphatic heterocycles. The van der Waals surface area contributed by atoms with Crippen LogP contribution in [0, 0.1) is 18.7 Å². The van der Waals surface area contributed by atoms with E-state index >= 15 is 0 Å². The van der Waals surface area contributed by atoms with E-state index in [9.17, 15) is 14.0 Å². The van der Waals surface area contributed by atoms with Gasteiger partial charge in [0.05, 0.1) is 5.75 Å². The number of thioether (sulfide) groups is 1. The zero-order chi connectivity index (χ0) is 25.5. The van der Waals surface area contributed by atoms with Crippen molar-refractivity contribution >= 4 is 35.0 Å². The molecule has 2 N–H and O–H groups in total. The lowest BCUT2D eigenvalue weighted by molar-refractivity contribution is -0.114. The van der Waals surface area contributed by atoms with Gasteiger partial charge in [-0.25, -0.2) is 4.39 Å². The highest BCUT2D eigenvalue weighted by Gasteiger charge is 2.21. The molecule has 0 bridgehead atoms. The molecule has 186 valence electrons. The lowest BCUT2D eigenvalue weighted by atomic mass is 10.2. The number of nitrogens with one attached hydrogen (secondary N) is 2. The zero-order valence-corrected chi connectivity index (χ0v) is 21.3. The highest BCUT2D eigenvalue weighted by atomic mass is 32.2. The summed E-state index contributed by atoms with van der Waals surface area (Å²) in [5.41, 5.74) is 2.15. The SMILES string of the molecule is CC(=O)Nc1cc(NC(=O)CSc2nnc(C(C)Oc3ccc(F)cc3)n2CC(C)C)ccc1C. The first-order chi connectivity index (χ1) is 16.6. The zero-order valence-electron chi connectivity index (χ0n) is 20.5. The molecule has 1 aromatic heterocycles. The number of hydrogen-bond acceptors (Lipinski definition) is 6. The Morgan fingerprint density at radius 2 is 1.80 bits per heavy atom. The van der Waals surface area contributed by atoms with E-state index in [0.29, 0.717) is 40.6 Å². The van der Waals surface area contributed by atoms with Crippen LogP contribution in [-0.4, -0.2) is 32.3 Å². The van der Waals surface area contributed by atoms with Crippen LogP contribution in [0.4, 0.5) is 15.8 Å². The second-order valence-electron chi connectivity index (χ2n) is 8.61. The van der Waals surface area contributed by atoms with Gasteiger partial charge in [0.15, 0.2) is 17.1 Å². The number of nitrogens with zero attached hydrogens (tertiary/aromatic N) is 3. The molecule has 1 atom stereocenters. The van der Waals surface area contributed by atoms with Crippen molar-refractivity contribution in [2.24, 2.45) is 5.92 Å². The summed E-state index contributed by atoms with van der Waals surface area (Å²) in [7, 11) is 0. The highest BCUT2D eigenvalue weighted by Crippen LogP contribution is 2.26. The number of rotatable bonds is 10. The van der Waals surface area contributed by atoms with Gasteiger partial charge < -0.3 is 19.9 Å². The molecule has 1 unspecified atom stereocenters. The van der Waals surface area contributed by atoms with E-state index in [-0.39, 0.29) is 23.4 Å². The quantitative estimate of drug-likeness (QED) is 0.372. The number of hydrogen-bond donors (Lipinski definition) is 2. The summed E-state index contributed by atoms with van der Waals surface area (Å²) in [6.45, 7) is 10.00. The van der Waals surface area contributed by atoms with Gasteiger partial charge in [0.1, 0.15) is 11.6 Å². The van der Waals surface area contributed by atoms with Gasteiger partial charge in [-0.3, -0.25) is 9.59 Å². The Balaban J connectivity index is 1.68. The summed E-state index contributed by atoms with van der Waals surface area (Å²) >= 11 is 1.28. The van der Waals surface area contributed by atoms with Gasteiger partial charge in [-0.05, 0) is 61.7 Å². The van der Waals surface area contributed by atoms with E-state index in [1.54, 1.807) is 24.3 Å². The molecule has 0 saturated carbocycles. The van der Waals surface area contributed by atoms with Crippen LogP contribution >= 0.6 is 11.8 Å². The second-order valence-corrected chi connectivity index (χ2v) is 9.55. The molecule has 3 rings (SSSR count). The third-order valence-electron chi connectivity index (χ3n) is 4.95. The summed E-state index contributed by atoms with van der Waals surface area (Å²) in [6, 6.07) is 11.2. The normalized spacial score (nSPS) is 11.9. The predicted octanol–water partition coefficient (Wildman–Crippen LogP) is 5.21. The fourth-order valence-electron chi connectivity index (χ4n) is 3.37. The van der Waals surface area contributed by atoms with Crippen molar-refractivity contribution in [1.29, 1.82) is 0 Å². The monoisotopic (exact) mass is 499 g/mol. The molecule has 2 amide bonds. The predicted molar refractivity (Wildman–Crippen MR) is 135 cm³/mol. The van der Waals surface area contributed by atoms with Gasteiger partial charge in [0.2, 0.25) is 11.8 Å². The Morgan fingerprint density at radius 1 is 1.09 bits per heavy atom. The standard InChI is InChI=1S/C25H30FN5O3S/c1-15(2)13-31-24(17(4)34-21-10-7-19(26)8-11-21)29-30-25(31)35-14-23(33)28-20-9-6-16(3)22(12-20)27-18(5)32/h6-12,15,17H,13-14H2,1-5H3,(H,27,32)(H,28,33). The minimum absolute atomic E-state index is 0.132. The molecule has 1 heterocycles. The average Bonchev–Trinajstić information content (AvgIpc) is 3.17. The lowest BCUT2D eigenvalue weighted by Gasteiger charge is -2.18. The molecule has 0 fully saturated rings. The molecule has 0 saturated heterocycles. The third-order valence-corrected chi connectivity index (χ3v) is 5.91. The van der Waals surface area contributed by atoms with Crippen LogP contribution in [0.5, 0.6) is 5.75 Å². The fourth-order valence-corrected chi connectivity index (χ4v) is 4.12. The molecule has 0 spiro atoms. The largest absolute Gasteiger partial charge is 0.483 e. The Hall–Kier alpha value is -3.40. The van der Waals surface area contributed by atoms with Crippen LogP contribution in [0.1, 0.15) is 45.2 Å². The number of ether oxygens (including phenoxy) is 1. The van der Waals surface area contributed by atoms with E-state index in [1.165, 1.54) is 30.8 Å². The topological polar surface area (TPSA) is 98.1 Å². The van der Waals surface area contributed by atoms with E-state index in [2.05, 4.69) is 34.7 Å². The second kappa shape index (κ2) is 11.8. The van der Waals surface area contributed by atoms with Gasteiger partial charge >= 0.3 is 0 Å². The molecule has 0 aliphatic carbocycles. The smallest absolute Gasteiger partial charge is 0.234 e. The maximum Gasteiger partial charge on any atom is 0.234 e. The van der Waals surface area contributed by atoms with Crippen molar-refractivity contribution in [3.63, 3.8) is 0 Å². The van der Waals surface area contributed by atoms with Gasteiger partial charge in [0, 0.05) is 24.8 Å². The van der Waals surface area contributed by atoms with Crippen LogP contribution in [0.25, 0.3) is 0 Å². The fraction of sp³-hybridized carbons (Fsp3) is 0.360. The van der Waals surface area contributed by atoms with Gasteiger partial charge in [0.25, 0.3) is 0 Å². The number of amides is 2. The number of aryl methyl sites for hydroxylation is 1. The van der Waals surface area contributed by atoms with Gasteiger partial charge in [-0.2, -0.15) is 0 Å². The molecule has 0 aliphatic rings. The molecule has 35 heavy (non-hydrogen) atoms. The summed E-state index contributed by atoms with van der Waals surface area (Å²) in [5, 5.41) is 14.8. The van der Waals surface area contributed by atoms with Crippen molar-refractivity contribution < 1.29 is 18.7 Å². The highest BCUT2D eigenvalue weighted by molar-refractivity contribution is 7.99. The number of carbonyl (C=O) groups excluding carboxylic acids is 2. The molecular formula is C25H30FN5O3S. The van der Waals surface area contributed by atoms with Crippen molar-refractivity contribution in [3.8, 4) is 5.75 Å². The first kappa shape index (κ1) is 26.2. The number of aromatic nitrogens is 3. The Kier molecular flexibility index (Phi) is 8.86. The van der Waals surface area contributed by atoms with Gasteiger partial charge in [-0.1, -0.05) is 31.7 Å². The minimum atomic E-state index is -0.422. The number of halogens is 1. The maximum absolute atomic E-state index is 13.2. The van der Waals surface area contributed by atoms with E-state index in [0.717, 1.165) is 5.56 Å². The first-order valence-corrected chi connectivity index (χ1v) is 12.3. The van der Waals surface area contributed by atoms with E-state index in [4.69, 9.17) is 4.74 Å². The van der Waals surface area contributed by atoms with Crippen molar-refractivity contribution in [3.05, 3.63) is 59.7 Å². The molecule has 0 radical (unpaired) electrons. The summed E-state index contributed by atoms with van der Waals surface area (Å²) < 4.78 is 21.1. The van der Waals surface area contributed by atoms with Crippen molar-refractivity contribution in [1.82, 2.24) is 14.8 Å². The van der Waals surface area contributed by atoms with Crippen LogP contribution in [0.3, 0.4) is 0 Å². The van der Waals surface area contributed by atoms with Crippen LogP contribution < -0.4 is 15.4 Å². The summed E-state index contributed by atoms with van der Waals surface area (Å²) in [4.78, 5) is 24.0. The molecule has 8 nitrogen and oxygen atoms in total. The van der Waals surface area contributed by atoms with Gasteiger partial charge in [-0.15, -0.1) is 10.2 Å². The molecule has 2 aromatic carbocycles. The lowest BCUT2D eigenvalue weighted by Crippen LogP contribution is -2.17. The molecular weight excluding hydrogens is 469 g/mol. The van der Waals surface area contributed by atoms with Crippen molar-refractivity contribution in [2.75, 3.05) is 16.4 Å². The van der Waals surface area contributed by atoms with Crippen LogP contribution in [0.2, 0.25) is 0 Å². The van der Waals surface area contributed by atoms with Crippen LogP contribution in [-0.2, 0) is 16.1 Å². The minimum Gasteiger partial charge on any atom is -0.483 e. The number of carbonyl (C=O) groups is 2. The van der Waals surface area contributed by atoms with Crippen LogP contribution in [0.15, 0.2) is 47.6 Å². The average molecular weight is 500 g/mol. The Labute approximate surface area is 208 Å². The number of benzene rings is 2. The number of anilines is 2. The van der Waals surface area contributed by atoms with E-state index < -0.39 is 6.10 Å². The van der Waals surface area contributed by atoms with E-state index in [1.807, 2.05) is 24.5 Å². The summed E-state index contributed by atoms with van der Waals surface area (Å²) in [5.74, 6) is 0.895.